The number of nitrogens with two attached hydrogens (primary N) is 1. The van der Waals surface area contributed by atoms with E-state index in [0.29, 0.717) is 35.3 Å². The zero-order valence-electron chi connectivity index (χ0n) is 9.61. The maximum Gasteiger partial charge on any atom is 0.252 e. The van der Waals surface area contributed by atoms with Crippen molar-refractivity contribution >= 4 is 17.0 Å². The van der Waals surface area contributed by atoms with E-state index in [9.17, 15) is 0 Å². The van der Waals surface area contributed by atoms with Gasteiger partial charge in [0.25, 0.3) is 5.71 Å². The van der Waals surface area contributed by atoms with Crippen LogP contribution in [0.5, 0.6) is 0 Å². The number of nitrogens with zero attached hydrogens (tertiary/aromatic N) is 3. The second-order valence-electron chi connectivity index (χ2n) is 3.86. The molecular formula is C10H15N5O. The summed E-state index contributed by atoms with van der Waals surface area (Å²) in [6, 6.07) is 0.0540. The number of aromatic nitrogens is 3. The topological polar surface area (TPSA) is 89.9 Å². The molecule has 1 atom stereocenters. The molecule has 0 radical (unpaired) electrons. The molecule has 6 heteroatoms. The van der Waals surface area contributed by atoms with Gasteiger partial charge in [0.15, 0.2) is 17.2 Å². The van der Waals surface area contributed by atoms with Gasteiger partial charge in [-0.25, -0.2) is 9.97 Å². The minimum absolute atomic E-state index is 0.0540. The van der Waals surface area contributed by atoms with E-state index >= 15 is 0 Å². The Kier molecular flexibility index (Phi) is 2.74. The van der Waals surface area contributed by atoms with Gasteiger partial charge in [-0.15, -0.1) is 0 Å². The summed E-state index contributed by atoms with van der Waals surface area (Å²) >= 11 is 0. The number of nitrogens with one attached hydrogen (secondary N) is 1. The lowest BCUT2D eigenvalue weighted by Crippen LogP contribution is -2.25. The minimum Gasteiger partial charge on any atom is -0.422 e. The zero-order valence-corrected chi connectivity index (χ0v) is 9.61. The molecule has 16 heavy (non-hydrogen) atoms. The monoisotopic (exact) mass is 221 g/mol. The summed E-state index contributed by atoms with van der Waals surface area (Å²) in [5, 5.41) is 3.14. The molecule has 2 heterocycles. The van der Waals surface area contributed by atoms with E-state index in [0.717, 1.165) is 0 Å². The highest BCUT2D eigenvalue weighted by molar-refractivity contribution is 5.81. The molecule has 6 nitrogen and oxygen atoms in total. The third-order valence-electron chi connectivity index (χ3n) is 2.07. The highest BCUT2D eigenvalue weighted by Gasteiger charge is 2.11. The van der Waals surface area contributed by atoms with Crippen LogP contribution in [0.1, 0.15) is 18.6 Å². The van der Waals surface area contributed by atoms with Crippen molar-refractivity contribution in [2.24, 2.45) is 5.73 Å². The highest BCUT2D eigenvalue weighted by Crippen LogP contribution is 2.20. The van der Waals surface area contributed by atoms with Crippen molar-refractivity contribution < 1.29 is 4.42 Å². The van der Waals surface area contributed by atoms with Crippen molar-refractivity contribution in [1.29, 1.82) is 0 Å². The molecule has 2 aromatic rings. The Morgan fingerprint density at radius 1 is 1.31 bits per heavy atom. The fraction of sp³-hybridized carbons (Fsp3) is 0.500. The summed E-state index contributed by atoms with van der Waals surface area (Å²) in [4.78, 5) is 12.7. The van der Waals surface area contributed by atoms with Crippen LogP contribution in [0.3, 0.4) is 0 Å². The van der Waals surface area contributed by atoms with Gasteiger partial charge >= 0.3 is 0 Å². The number of aryl methyl sites for hydroxylation is 2. The molecule has 0 saturated heterocycles. The maximum absolute atomic E-state index is 5.68. The first kappa shape index (κ1) is 10.8. The Labute approximate surface area is 93.3 Å². The van der Waals surface area contributed by atoms with Crippen LogP contribution in [0.4, 0.5) is 5.82 Å². The first-order chi connectivity index (χ1) is 7.56. The molecule has 0 aliphatic rings. The Balaban J connectivity index is 2.41. The predicted molar refractivity (Wildman–Crippen MR) is 61.2 cm³/mol. The largest absolute Gasteiger partial charge is 0.422 e. The first-order valence-corrected chi connectivity index (χ1v) is 5.17. The summed E-state index contributed by atoms with van der Waals surface area (Å²) in [5.41, 5.74) is 6.85. The van der Waals surface area contributed by atoms with Crippen molar-refractivity contribution in [3.8, 4) is 0 Å². The summed E-state index contributed by atoms with van der Waals surface area (Å²) in [6.07, 6.45) is 0. The maximum atomic E-state index is 5.68. The van der Waals surface area contributed by atoms with Crippen LogP contribution < -0.4 is 11.1 Å². The van der Waals surface area contributed by atoms with Crippen molar-refractivity contribution in [2.75, 3.05) is 11.9 Å². The number of fused-ring (bicyclic) bond motifs is 1. The van der Waals surface area contributed by atoms with Gasteiger partial charge in [-0.2, -0.15) is 4.98 Å². The number of oxazole rings is 1. The number of hydrogen-bond donors (Lipinski definition) is 2. The fourth-order valence-electron chi connectivity index (χ4n) is 1.41. The minimum atomic E-state index is 0.0540. The van der Waals surface area contributed by atoms with E-state index in [-0.39, 0.29) is 6.04 Å². The van der Waals surface area contributed by atoms with Crippen LogP contribution in [-0.2, 0) is 0 Å². The van der Waals surface area contributed by atoms with Crippen molar-refractivity contribution in [3.05, 3.63) is 11.7 Å². The van der Waals surface area contributed by atoms with Crippen LogP contribution in [-0.4, -0.2) is 27.5 Å². The second-order valence-corrected chi connectivity index (χ2v) is 3.86. The molecular weight excluding hydrogens is 206 g/mol. The van der Waals surface area contributed by atoms with E-state index in [1.165, 1.54) is 0 Å². The molecule has 0 fully saturated rings. The molecule has 0 spiro atoms. The summed E-state index contributed by atoms with van der Waals surface area (Å²) in [7, 11) is 0. The quantitative estimate of drug-likeness (QED) is 0.803. The standard InChI is InChI=1S/C10H15N5O/c1-5(11)4-12-9-8-10(14-6(2)13-9)16-7(3)15-8/h5H,4,11H2,1-3H3,(H,12,13,14). The highest BCUT2D eigenvalue weighted by atomic mass is 16.4. The summed E-state index contributed by atoms with van der Waals surface area (Å²) < 4.78 is 5.36. The molecule has 0 aromatic carbocycles. The lowest BCUT2D eigenvalue weighted by Gasteiger charge is -2.08. The second kappa shape index (κ2) is 4.05. The van der Waals surface area contributed by atoms with Gasteiger partial charge in [-0.3, -0.25) is 0 Å². The smallest absolute Gasteiger partial charge is 0.252 e. The van der Waals surface area contributed by atoms with E-state index in [1.54, 1.807) is 6.92 Å². The number of hydrogen-bond acceptors (Lipinski definition) is 6. The van der Waals surface area contributed by atoms with E-state index in [1.807, 2.05) is 13.8 Å². The van der Waals surface area contributed by atoms with E-state index in [2.05, 4.69) is 20.3 Å². The molecule has 0 amide bonds. The molecule has 0 aliphatic carbocycles. The van der Waals surface area contributed by atoms with Crippen LogP contribution >= 0.6 is 0 Å². The predicted octanol–water partition coefficient (Wildman–Crippen LogP) is 0.994. The third kappa shape index (κ3) is 2.11. The van der Waals surface area contributed by atoms with Gasteiger partial charge in [0, 0.05) is 19.5 Å². The van der Waals surface area contributed by atoms with Crippen LogP contribution in [0.15, 0.2) is 4.42 Å². The van der Waals surface area contributed by atoms with Gasteiger partial charge in [0.2, 0.25) is 0 Å². The first-order valence-electron chi connectivity index (χ1n) is 5.17. The zero-order chi connectivity index (χ0) is 11.7. The molecule has 1 unspecified atom stereocenters. The Hall–Kier alpha value is -1.69. The molecule has 0 aliphatic heterocycles. The molecule has 2 rings (SSSR count). The average molecular weight is 221 g/mol. The fourth-order valence-corrected chi connectivity index (χ4v) is 1.41. The molecule has 0 bridgehead atoms. The Morgan fingerprint density at radius 2 is 2.06 bits per heavy atom. The van der Waals surface area contributed by atoms with Crippen LogP contribution in [0.25, 0.3) is 11.2 Å². The van der Waals surface area contributed by atoms with Crippen molar-refractivity contribution in [1.82, 2.24) is 15.0 Å². The van der Waals surface area contributed by atoms with Crippen LogP contribution in [0, 0.1) is 13.8 Å². The lowest BCUT2D eigenvalue weighted by atomic mass is 10.3. The molecule has 3 N–H and O–H groups in total. The number of anilines is 1. The van der Waals surface area contributed by atoms with Gasteiger partial charge < -0.3 is 15.5 Å². The SMILES string of the molecule is Cc1nc(NCC(C)N)c2nc(C)oc2n1. The van der Waals surface area contributed by atoms with Crippen molar-refractivity contribution in [2.45, 2.75) is 26.8 Å². The summed E-state index contributed by atoms with van der Waals surface area (Å²) in [5.74, 6) is 1.91. The normalized spacial score (nSPS) is 13.0. The van der Waals surface area contributed by atoms with Crippen LogP contribution in [0.2, 0.25) is 0 Å². The van der Waals surface area contributed by atoms with Crippen molar-refractivity contribution in [3.63, 3.8) is 0 Å². The lowest BCUT2D eigenvalue weighted by molar-refractivity contribution is 0.550. The van der Waals surface area contributed by atoms with Gasteiger partial charge in [-0.05, 0) is 13.8 Å². The van der Waals surface area contributed by atoms with Gasteiger partial charge in [-0.1, -0.05) is 0 Å². The average Bonchev–Trinajstić information content (AvgIpc) is 2.54. The van der Waals surface area contributed by atoms with E-state index < -0.39 is 0 Å². The van der Waals surface area contributed by atoms with Gasteiger partial charge in [0.05, 0.1) is 0 Å². The number of rotatable bonds is 3. The Morgan fingerprint density at radius 3 is 2.75 bits per heavy atom. The van der Waals surface area contributed by atoms with Gasteiger partial charge in [0.1, 0.15) is 5.82 Å². The Bertz CT molecular complexity index is 505. The molecule has 0 saturated carbocycles. The summed E-state index contributed by atoms with van der Waals surface area (Å²) in [6.45, 7) is 6.16. The molecule has 2 aromatic heterocycles. The third-order valence-corrected chi connectivity index (χ3v) is 2.07. The molecule has 86 valence electrons. The van der Waals surface area contributed by atoms with E-state index in [4.69, 9.17) is 10.2 Å².